The van der Waals surface area contributed by atoms with E-state index in [2.05, 4.69) is 0 Å². The molecule has 1 aliphatic heterocycles. The van der Waals surface area contributed by atoms with Gasteiger partial charge >= 0.3 is 11.9 Å². The standard InChI is InChI=1S/C31H26Cl2N2O7S/c1-4-6-22-26(30(39)41-5-2)27(20-14-17(32)8-11-24(20)40-3)35-28(36)25(43-31(35)34-22)15-18-9-12-23(42-18)16-7-10-21(33)19(13-16)29(37)38/h7-15,27H,4-6H2,1-3H3,(H,37,38)/b25-15+/t27-/m0/s1. The minimum absolute atomic E-state index is 0.0536. The van der Waals surface area contributed by atoms with Gasteiger partial charge in [-0.1, -0.05) is 47.9 Å². The predicted octanol–water partition coefficient (Wildman–Crippen LogP) is 5.85. The molecule has 0 aliphatic carbocycles. The average Bonchev–Trinajstić information content (AvgIpc) is 3.57. The number of esters is 1. The molecule has 0 unspecified atom stereocenters. The van der Waals surface area contributed by atoms with E-state index in [1.54, 1.807) is 49.4 Å². The van der Waals surface area contributed by atoms with Crippen molar-refractivity contribution >= 4 is 52.6 Å². The van der Waals surface area contributed by atoms with Crippen LogP contribution in [-0.4, -0.2) is 35.3 Å². The zero-order valence-electron chi connectivity index (χ0n) is 23.4. The lowest BCUT2D eigenvalue weighted by Crippen LogP contribution is -2.40. The fraction of sp³-hybridized carbons (Fsp3) is 0.226. The van der Waals surface area contributed by atoms with Gasteiger partial charge in [0.05, 0.1) is 40.1 Å². The summed E-state index contributed by atoms with van der Waals surface area (Å²) in [5.74, 6) is -0.523. The minimum Gasteiger partial charge on any atom is -0.496 e. The van der Waals surface area contributed by atoms with E-state index in [-0.39, 0.29) is 22.8 Å². The topological polar surface area (TPSA) is 120 Å². The summed E-state index contributed by atoms with van der Waals surface area (Å²) in [7, 11) is 1.51. The van der Waals surface area contributed by atoms with Crippen LogP contribution in [0.5, 0.6) is 5.75 Å². The van der Waals surface area contributed by atoms with Crippen molar-refractivity contribution in [2.45, 2.75) is 32.7 Å². The zero-order valence-corrected chi connectivity index (χ0v) is 25.7. The van der Waals surface area contributed by atoms with Crippen molar-refractivity contribution in [1.82, 2.24) is 4.57 Å². The summed E-state index contributed by atoms with van der Waals surface area (Å²) < 4.78 is 18.8. The Balaban J connectivity index is 1.69. The summed E-state index contributed by atoms with van der Waals surface area (Å²) in [5.41, 5.74) is 1.36. The average molecular weight is 642 g/mol. The van der Waals surface area contributed by atoms with Gasteiger partial charge in [-0.15, -0.1) is 0 Å². The lowest BCUT2D eigenvalue weighted by atomic mass is 9.93. The summed E-state index contributed by atoms with van der Waals surface area (Å²) in [5, 5.41) is 9.94. The van der Waals surface area contributed by atoms with Gasteiger partial charge in [-0.25, -0.2) is 14.6 Å². The molecule has 1 atom stereocenters. The third-order valence-electron chi connectivity index (χ3n) is 6.76. The lowest BCUT2D eigenvalue weighted by Gasteiger charge is -2.27. The molecule has 0 amide bonds. The number of aromatic carboxylic acids is 1. The Kier molecular flexibility index (Phi) is 8.91. The number of carboxylic acid groups (broad SMARTS) is 1. The Morgan fingerprint density at radius 3 is 2.63 bits per heavy atom. The fourth-order valence-corrected chi connectivity index (χ4v) is 6.27. The number of rotatable bonds is 9. The molecule has 3 heterocycles. The van der Waals surface area contributed by atoms with Crippen LogP contribution in [0.1, 0.15) is 54.4 Å². The van der Waals surface area contributed by atoms with Crippen LogP contribution in [0, 0.1) is 0 Å². The molecule has 2 aromatic heterocycles. The number of ether oxygens (including phenoxy) is 2. The number of carbonyl (C=O) groups is 2. The first-order valence-electron chi connectivity index (χ1n) is 13.3. The molecular weight excluding hydrogens is 615 g/mol. The van der Waals surface area contributed by atoms with Crippen molar-refractivity contribution in [2.24, 2.45) is 4.99 Å². The Morgan fingerprint density at radius 1 is 1.14 bits per heavy atom. The van der Waals surface area contributed by atoms with Crippen LogP contribution >= 0.6 is 34.5 Å². The van der Waals surface area contributed by atoms with Crippen molar-refractivity contribution in [1.29, 1.82) is 0 Å². The first-order chi connectivity index (χ1) is 20.7. The highest BCUT2D eigenvalue weighted by molar-refractivity contribution is 7.07. The molecule has 0 spiro atoms. The Hall–Kier alpha value is -4.12. The highest BCUT2D eigenvalue weighted by Gasteiger charge is 2.36. The number of aromatic nitrogens is 1. The minimum atomic E-state index is -1.16. The van der Waals surface area contributed by atoms with E-state index >= 15 is 0 Å². The van der Waals surface area contributed by atoms with Gasteiger partial charge in [0.2, 0.25) is 0 Å². The van der Waals surface area contributed by atoms with E-state index in [1.807, 2.05) is 6.92 Å². The third-order valence-corrected chi connectivity index (χ3v) is 8.31. The number of carbonyl (C=O) groups excluding carboxylic acids is 1. The van der Waals surface area contributed by atoms with E-state index in [0.717, 1.165) is 11.3 Å². The van der Waals surface area contributed by atoms with Crippen molar-refractivity contribution in [3.05, 3.63) is 106 Å². The number of methoxy groups -OCH3 is 1. The number of halogens is 2. The van der Waals surface area contributed by atoms with Crippen molar-refractivity contribution < 1.29 is 28.6 Å². The monoisotopic (exact) mass is 640 g/mol. The van der Waals surface area contributed by atoms with Crippen LogP contribution in [0.2, 0.25) is 10.0 Å². The first-order valence-corrected chi connectivity index (χ1v) is 14.9. The summed E-state index contributed by atoms with van der Waals surface area (Å²) in [6.45, 7) is 3.84. The van der Waals surface area contributed by atoms with Gasteiger partial charge < -0.3 is 19.0 Å². The smallest absolute Gasteiger partial charge is 0.338 e. The second-order valence-electron chi connectivity index (χ2n) is 9.50. The number of benzene rings is 2. The molecule has 1 aliphatic rings. The normalized spacial score (nSPS) is 14.8. The third kappa shape index (κ3) is 5.90. The maximum absolute atomic E-state index is 14.0. The van der Waals surface area contributed by atoms with Crippen molar-refractivity contribution in [3.63, 3.8) is 0 Å². The Bertz CT molecular complexity index is 1950. The number of allylic oxidation sites excluding steroid dienone is 1. The number of nitrogens with zero attached hydrogens (tertiary/aromatic N) is 2. The molecule has 0 fully saturated rings. The molecule has 4 aromatic rings. The molecule has 222 valence electrons. The van der Waals surface area contributed by atoms with Crippen LogP contribution in [0.25, 0.3) is 17.4 Å². The van der Waals surface area contributed by atoms with E-state index in [9.17, 15) is 19.5 Å². The Labute approximate surface area is 259 Å². The number of hydrogen-bond acceptors (Lipinski definition) is 8. The summed E-state index contributed by atoms with van der Waals surface area (Å²) in [4.78, 5) is 44.1. The SMILES string of the molecule is CCCC1=C(C(=O)OCC)[C@H](c2cc(Cl)ccc2OC)n2c(s/c(=C/c3ccc(-c4ccc(Cl)c(C(=O)O)c4)o3)c2=O)=N1. The van der Waals surface area contributed by atoms with Crippen LogP contribution in [-0.2, 0) is 9.53 Å². The van der Waals surface area contributed by atoms with Gasteiger partial charge in [-0.3, -0.25) is 9.36 Å². The van der Waals surface area contributed by atoms with E-state index < -0.39 is 23.5 Å². The van der Waals surface area contributed by atoms with Gasteiger partial charge in [0.25, 0.3) is 5.56 Å². The van der Waals surface area contributed by atoms with Crippen LogP contribution in [0.4, 0.5) is 0 Å². The molecule has 1 N–H and O–H groups in total. The zero-order chi connectivity index (χ0) is 30.8. The fourth-order valence-electron chi connectivity index (χ4n) is 4.89. The largest absolute Gasteiger partial charge is 0.496 e. The number of furan rings is 1. The molecule has 5 rings (SSSR count). The molecular formula is C31H26Cl2N2O7S. The first kappa shape index (κ1) is 30.3. The molecule has 2 aromatic carbocycles. The molecule has 12 heteroatoms. The predicted molar refractivity (Wildman–Crippen MR) is 164 cm³/mol. The van der Waals surface area contributed by atoms with E-state index in [1.165, 1.54) is 23.8 Å². The van der Waals surface area contributed by atoms with Gasteiger partial charge in [0.15, 0.2) is 4.80 Å². The highest BCUT2D eigenvalue weighted by Crippen LogP contribution is 2.38. The van der Waals surface area contributed by atoms with E-state index in [0.29, 0.717) is 61.3 Å². The second-order valence-corrected chi connectivity index (χ2v) is 11.4. The summed E-state index contributed by atoms with van der Waals surface area (Å²) in [6.07, 6.45) is 2.78. The number of fused-ring (bicyclic) bond motifs is 1. The molecule has 0 bridgehead atoms. The van der Waals surface area contributed by atoms with Gasteiger partial charge in [-0.2, -0.15) is 0 Å². The second kappa shape index (κ2) is 12.6. The number of carboxylic acids is 1. The molecule has 0 saturated carbocycles. The number of thiazole rings is 1. The molecule has 0 radical (unpaired) electrons. The van der Waals surface area contributed by atoms with Crippen LogP contribution < -0.4 is 19.6 Å². The van der Waals surface area contributed by atoms with Crippen LogP contribution in [0.3, 0.4) is 0 Å². The molecule has 9 nitrogen and oxygen atoms in total. The lowest BCUT2D eigenvalue weighted by molar-refractivity contribution is -0.139. The molecule has 0 saturated heterocycles. The summed E-state index contributed by atoms with van der Waals surface area (Å²) >= 11 is 13.6. The van der Waals surface area contributed by atoms with Gasteiger partial charge in [0.1, 0.15) is 23.3 Å². The maximum Gasteiger partial charge on any atom is 0.338 e. The quantitative estimate of drug-likeness (QED) is 0.228. The van der Waals surface area contributed by atoms with Crippen LogP contribution in [0.15, 0.2) is 74.0 Å². The van der Waals surface area contributed by atoms with Crippen molar-refractivity contribution in [2.75, 3.05) is 13.7 Å². The van der Waals surface area contributed by atoms with Crippen molar-refractivity contribution in [3.8, 4) is 17.1 Å². The number of hydrogen-bond donors (Lipinski definition) is 1. The maximum atomic E-state index is 14.0. The van der Waals surface area contributed by atoms with Gasteiger partial charge in [0, 0.05) is 22.2 Å². The molecule has 43 heavy (non-hydrogen) atoms. The van der Waals surface area contributed by atoms with Gasteiger partial charge in [-0.05, 0) is 61.9 Å². The Morgan fingerprint density at radius 2 is 1.93 bits per heavy atom. The highest BCUT2D eigenvalue weighted by atomic mass is 35.5. The van der Waals surface area contributed by atoms with E-state index in [4.69, 9.17) is 42.1 Å². The summed E-state index contributed by atoms with van der Waals surface area (Å²) in [6, 6.07) is 12.0.